The van der Waals surface area contributed by atoms with Crippen LogP contribution in [-0.4, -0.2) is 58.1 Å². The lowest BCUT2D eigenvalue weighted by Crippen LogP contribution is -2.31. The third kappa shape index (κ3) is 5.90. The van der Waals surface area contributed by atoms with Crippen LogP contribution in [0, 0.1) is 0 Å². The van der Waals surface area contributed by atoms with Gasteiger partial charge in [0.15, 0.2) is 11.5 Å². The Labute approximate surface area is 165 Å². The molecule has 7 heteroatoms. The molecule has 0 atom stereocenters. The van der Waals surface area contributed by atoms with E-state index in [4.69, 9.17) is 9.47 Å². The summed E-state index contributed by atoms with van der Waals surface area (Å²) in [5.41, 5.74) is 2.34. The lowest BCUT2D eigenvalue weighted by Gasteiger charge is -2.12. The summed E-state index contributed by atoms with van der Waals surface area (Å²) in [5.74, 6) is 1.14. The number of anilines is 1. The molecule has 0 bridgehead atoms. The second-order valence-electron chi connectivity index (χ2n) is 6.42. The molecule has 2 aromatic rings. The van der Waals surface area contributed by atoms with Gasteiger partial charge >= 0.3 is 0 Å². The van der Waals surface area contributed by atoms with Gasteiger partial charge in [0.1, 0.15) is 0 Å². The highest BCUT2D eigenvalue weighted by Crippen LogP contribution is 2.27. The summed E-state index contributed by atoms with van der Waals surface area (Å²) in [6.07, 6.45) is 0.679. The summed E-state index contributed by atoms with van der Waals surface area (Å²) in [7, 11) is 6.59. The van der Waals surface area contributed by atoms with Crippen molar-refractivity contribution in [1.82, 2.24) is 10.2 Å². The van der Waals surface area contributed by atoms with E-state index in [0.717, 1.165) is 11.3 Å². The van der Waals surface area contributed by atoms with E-state index < -0.39 is 0 Å². The van der Waals surface area contributed by atoms with Crippen LogP contribution in [0.25, 0.3) is 0 Å². The SMILES string of the molecule is COc1ccc(CCNC(=O)CNc2cccc(C(=O)N(C)C)c2)cc1OC. The molecule has 2 aromatic carbocycles. The highest BCUT2D eigenvalue weighted by atomic mass is 16.5. The first-order chi connectivity index (χ1) is 13.4. The molecule has 150 valence electrons. The standard InChI is InChI=1S/C21H27N3O4/c1-24(2)21(26)16-6-5-7-17(13-16)23-14-20(25)22-11-10-15-8-9-18(27-3)19(12-15)28-4/h5-9,12-13,23H,10-11,14H2,1-4H3,(H,22,25). The monoisotopic (exact) mass is 385 g/mol. The van der Waals surface area contributed by atoms with E-state index in [1.807, 2.05) is 24.3 Å². The molecule has 0 aliphatic heterocycles. The normalized spacial score (nSPS) is 10.1. The molecule has 0 aromatic heterocycles. The molecule has 2 rings (SSSR count). The first-order valence-electron chi connectivity index (χ1n) is 8.97. The zero-order valence-electron chi connectivity index (χ0n) is 16.7. The van der Waals surface area contributed by atoms with Gasteiger partial charge in [0.2, 0.25) is 5.91 Å². The highest BCUT2D eigenvalue weighted by molar-refractivity contribution is 5.95. The fourth-order valence-corrected chi connectivity index (χ4v) is 2.65. The van der Waals surface area contributed by atoms with Crippen molar-refractivity contribution in [2.24, 2.45) is 0 Å². The van der Waals surface area contributed by atoms with E-state index in [1.54, 1.807) is 46.5 Å². The Morgan fingerprint density at radius 1 is 1.00 bits per heavy atom. The quantitative estimate of drug-likeness (QED) is 0.692. The predicted octanol–water partition coefficient (Wildman–Crippen LogP) is 2.18. The maximum absolute atomic E-state index is 12.1. The number of methoxy groups -OCH3 is 2. The molecular formula is C21H27N3O4. The lowest BCUT2D eigenvalue weighted by molar-refractivity contribution is -0.119. The minimum Gasteiger partial charge on any atom is -0.493 e. The Morgan fingerprint density at radius 2 is 1.75 bits per heavy atom. The van der Waals surface area contributed by atoms with Gasteiger partial charge in [-0.2, -0.15) is 0 Å². The van der Waals surface area contributed by atoms with E-state index in [1.165, 1.54) is 4.90 Å². The third-order valence-corrected chi connectivity index (χ3v) is 4.15. The number of nitrogens with zero attached hydrogens (tertiary/aromatic N) is 1. The van der Waals surface area contributed by atoms with E-state index >= 15 is 0 Å². The van der Waals surface area contributed by atoms with Gasteiger partial charge in [0, 0.05) is 31.9 Å². The molecule has 2 N–H and O–H groups in total. The van der Waals surface area contributed by atoms with Crippen molar-refractivity contribution in [3.8, 4) is 11.5 Å². The number of benzene rings is 2. The first-order valence-corrected chi connectivity index (χ1v) is 8.97. The minimum absolute atomic E-state index is 0.0805. The lowest BCUT2D eigenvalue weighted by atomic mass is 10.1. The third-order valence-electron chi connectivity index (χ3n) is 4.15. The van der Waals surface area contributed by atoms with Crippen molar-refractivity contribution in [3.63, 3.8) is 0 Å². The zero-order chi connectivity index (χ0) is 20.5. The number of carbonyl (C=O) groups is 2. The summed E-state index contributed by atoms with van der Waals surface area (Å²) in [4.78, 5) is 25.6. The number of rotatable bonds is 9. The number of hydrogen-bond acceptors (Lipinski definition) is 5. The second kappa shape index (κ2) is 10.2. The van der Waals surface area contributed by atoms with Gasteiger partial charge in [-0.25, -0.2) is 0 Å². The molecule has 0 fully saturated rings. The summed E-state index contributed by atoms with van der Waals surface area (Å²) in [5, 5.41) is 5.92. The molecule has 0 saturated carbocycles. The fraction of sp³-hybridized carbons (Fsp3) is 0.333. The van der Waals surface area contributed by atoms with Gasteiger partial charge in [-0.05, 0) is 42.3 Å². The van der Waals surface area contributed by atoms with Crippen LogP contribution < -0.4 is 20.1 Å². The van der Waals surface area contributed by atoms with Crippen molar-refractivity contribution in [2.45, 2.75) is 6.42 Å². The first kappa shape index (κ1) is 21.1. The van der Waals surface area contributed by atoms with Crippen molar-refractivity contribution < 1.29 is 19.1 Å². The van der Waals surface area contributed by atoms with Crippen LogP contribution in [0.4, 0.5) is 5.69 Å². The predicted molar refractivity (Wildman–Crippen MR) is 109 cm³/mol. The molecular weight excluding hydrogens is 358 g/mol. The average molecular weight is 385 g/mol. The Bertz CT molecular complexity index is 821. The van der Waals surface area contributed by atoms with Gasteiger partial charge in [-0.15, -0.1) is 0 Å². The van der Waals surface area contributed by atoms with Gasteiger partial charge in [0.05, 0.1) is 20.8 Å². The Hall–Kier alpha value is -3.22. The van der Waals surface area contributed by atoms with Crippen molar-refractivity contribution in [3.05, 3.63) is 53.6 Å². The molecule has 0 unspecified atom stereocenters. The summed E-state index contributed by atoms with van der Waals surface area (Å²) in [6.45, 7) is 0.640. The smallest absolute Gasteiger partial charge is 0.253 e. The topological polar surface area (TPSA) is 79.9 Å². The molecule has 2 amide bonds. The molecule has 0 saturated heterocycles. The van der Waals surface area contributed by atoms with Crippen molar-refractivity contribution >= 4 is 17.5 Å². The summed E-state index contributed by atoms with van der Waals surface area (Å²) < 4.78 is 10.5. The van der Waals surface area contributed by atoms with E-state index in [9.17, 15) is 9.59 Å². The van der Waals surface area contributed by atoms with Crippen LogP contribution in [-0.2, 0) is 11.2 Å². The number of carbonyl (C=O) groups excluding carboxylic acids is 2. The van der Waals surface area contributed by atoms with Crippen molar-refractivity contribution in [1.29, 1.82) is 0 Å². The van der Waals surface area contributed by atoms with Gasteiger partial charge in [-0.1, -0.05) is 12.1 Å². The highest BCUT2D eigenvalue weighted by Gasteiger charge is 2.09. The number of amides is 2. The summed E-state index contributed by atoms with van der Waals surface area (Å²) >= 11 is 0. The van der Waals surface area contributed by atoms with Crippen LogP contribution in [0.1, 0.15) is 15.9 Å². The fourth-order valence-electron chi connectivity index (χ4n) is 2.65. The molecule has 0 radical (unpaired) electrons. The molecule has 7 nitrogen and oxygen atoms in total. The Balaban J connectivity index is 1.80. The number of hydrogen-bond donors (Lipinski definition) is 2. The van der Waals surface area contributed by atoms with Crippen LogP contribution in [0.2, 0.25) is 0 Å². The molecule has 0 spiro atoms. The second-order valence-corrected chi connectivity index (χ2v) is 6.42. The minimum atomic E-state index is -0.121. The van der Waals surface area contributed by atoms with Crippen LogP contribution >= 0.6 is 0 Å². The zero-order valence-corrected chi connectivity index (χ0v) is 16.7. The van der Waals surface area contributed by atoms with Crippen LogP contribution in [0.3, 0.4) is 0 Å². The number of nitrogens with one attached hydrogen (secondary N) is 2. The van der Waals surface area contributed by atoms with E-state index in [0.29, 0.717) is 30.0 Å². The maximum atomic E-state index is 12.1. The van der Waals surface area contributed by atoms with Gasteiger partial charge in [-0.3, -0.25) is 9.59 Å². The average Bonchev–Trinajstić information content (AvgIpc) is 2.71. The van der Waals surface area contributed by atoms with Crippen molar-refractivity contribution in [2.75, 3.05) is 46.7 Å². The largest absolute Gasteiger partial charge is 0.493 e. The molecule has 0 heterocycles. The maximum Gasteiger partial charge on any atom is 0.253 e. The van der Waals surface area contributed by atoms with E-state index in [2.05, 4.69) is 10.6 Å². The Morgan fingerprint density at radius 3 is 2.43 bits per heavy atom. The Kier molecular flexibility index (Phi) is 7.68. The molecule has 0 aliphatic rings. The van der Waals surface area contributed by atoms with Gasteiger partial charge < -0.3 is 25.0 Å². The summed E-state index contributed by atoms with van der Waals surface area (Å²) in [6, 6.07) is 12.8. The van der Waals surface area contributed by atoms with Crippen LogP contribution in [0.5, 0.6) is 11.5 Å². The molecule has 0 aliphatic carbocycles. The molecule has 28 heavy (non-hydrogen) atoms. The number of ether oxygens (including phenoxy) is 2. The van der Waals surface area contributed by atoms with E-state index in [-0.39, 0.29) is 18.4 Å². The van der Waals surface area contributed by atoms with Gasteiger partial charge in [0.25, 0.3) is 5.91 Å². The van der Waals surface area contributed by atoms with Crippen LogP contribution in [0.15, 0.2) is 42.5 Å².